The van der Waals surface area contributed by atoms with Crippen molar-refractivity contribution in [2.75, 3.05) is 19.1 Å². The number of fused-ring (bicyclic) bond motifs is 1. The molecule has 1 aliphatic rings. The Morgan fingerprint density at radius 3 is 2.00 bits per heavy atom. The lowest BCUT2D eigenvalue weighted by molar-refractivity contribution is -0.384. The zero-order chi connectivity index (χ0) is 25.3. The van der Waals surface area contributed by atoms with E-state index in [-0.39, 0.29) is 45.1 Å². The molecule has 3 aromatic carbocycles. The Morgan fingerprint density at radius 2 is 1.40 bits per heavy atom. The lowest BCUT2D eigenvalue weighted by Crippen LogP contribution is -2.30. The van der Waals surface area contributed by atoms with Crippen LogP contribution in [0.3, 0.4) is 0 Å². The average Bonchev–Trinajstić information content (AvgIpc) is 3.11. The maximum absolute atomic E-state index is 13.2. The first-order valence-corrected chi connectivity index (χ1v) is 10.0. The van der Waals surface area contributed by atoms with Crippen molar-refractivity contribution in [2.45, 2.75) is 0 Å². The van der Waals surface area contributed by atoms with Gasteiger partial charge < -0.3 is 14.2 Å². The van der Waals surface area contributed by atoms with Gasteiger partial charge in [0.25, 0.3) is 17.5 Å². The number of nitrogens with zero attached hydrogens (tertiary/aromatic N) is 2. The smallest absolute Gasteiger partial charge is 0.337 e. The number of hydrogen-bond donors (Lipinski definition) is 0. The van der Waals surface area contributed by atoms with Gasteiger partial charge in [0.15, 0.2) is 0 Å². The summed E-state index contributed by atoms with van der Waals surface area (Å²) in [5.41, 5.74) is -0.229. The van der Waals surface area contributed by atoms with Crippen LogP contribution in [0, 0.1) is 10.1 Å². The monoisotopic (exact) mass is 476 g/mol. The van der Waals surface area contributed by atoms with Crippen molar-refractivity contribution >= 4 is 35.1 Å². The molecule has 4 rings (SSSR count). The Balaban J connectivity index is 1.70. The molecule has 11 nitrogen and oxygen atoms in total. The van der Waals surface area contributed by atoms with E-state index in [1.54, 1.807) is 0 Å². The second-order valence-corrected chi connectivity index (χ2v) is 7.26. The van der Waals surface area contributed by atoms with Gasteiger partial charge in [-0.2, -0.15) is 0 Å². The maximum Gasteiger partial charge on any atom is 0.337 e. The van der Waals surface area contributed by atoms with E-state index in [9.17, 15) is 29.3 Å². The van der Waals surface area contributed by atoms with E-state index in [2.05, 4.69) is 0 Å². The molecule has 2 amide bonds. The van der Waals surface area contributed by atoms with Gasteiger partial charge >= 0.3 is 11.9 Å². The third-order valence-corrected chi connectivity index (χ3v) is 5.14. The highest BCUT2D eigenvalue weighted by Crippen LogP contribution is 2.34. The Kier molecular flexibility index (Phi) is 5.98. The van der Waals surface area contributed by atoms with E-state index in [0.717, 1.165) is 19.1 Å². The van der Waals surface area contributed by atoms with Crippen molar-refractivity contribution in [1.82, 2.24) is 0 Å². The molecule has 3 aromatic rings. The number of methoxy groups -OCH3 is 2. The van der Waals surface area contributed by atoms with Gasteiger partial charge in [0.05, 0.1) is 53.2 Å². The van der Waals surface area contributed by atoms with E-state index in [1.807, 2.05) is 0 Å². The fourth-order valence-electron chi connectivity index (χ4n) is 3.53. The molecule has 0 unspecified atom stereocenters. The van der Waals surface area contributed by atoms with Gasteiger partial charge in [-0.15, -0.1) is 0 Å². The van der Waals surface area contributed by atoms with Gasteiger partial charge in [-0.3, -0.25) is 19.7 Å². The van der Waals surface area contributed by atoms with Crippen molar-refractivity contribution in [3.05, 3.63) is 93.0 Å². The summed E-state index contributed by atoms with van der Waals surface area (Å²) in [5.74, 6) is -2.60. The molecule has 0 N–H and O–H groups in total. The summed E-state index contributed by atoms with van der Waals surface area (Å²) in [7, 11) is 2.30. The van der Waals surface area contributed by atoms with Crippen molar-refractivity contribution in [2.24, 2.45) is 0 Å². The molecule has 0 atom stereocenters. The van der Waals surface area contributed by atoms with Gasteiger partial charge in [-0.25, -0.2) is 14.5 Å². The van der Waals surface area contributed by atoms with Gasteiger partial charge in [0.2, 0.25) is 0 Å². The fraction of sp³-hybridized carbons (Fsp3) is 0.0833. The van der Waals surface area contributed by atoms with Crippen LogP contribution in [-0.2, 0) is 9.47 Å². The Hall–Kier alpha value is -5.06. The number of nitro benzene ring substituents is 1. The van der Waals surface area contributed by atoms with Crippen molar-refractivity contribution in [3.63, 3.8) is 0 Å². The van der Waals surface area contributed by atoms with Gasteiger partial charge in [0.1, 0.15) is 11.5 Å². The first-order chi connectivity index (χ1) is 16.7. The number of amides is 2. The second kappa shape index (κ2) is 9.06. The Labute approximate surface area is 197 Å². The van der Waals surface area contributed by atoms with Crippen molar-refractivity contribution < 1.29 is 38.3 Å². The number of esters is 2. The average molecular weight is 476 g/mol. The maximum atomic E-state index is 13.2. The zero-order valence-corrected chi connectivity index (χ0v) is 18.3. The van der Waals surface area contributed by atoms with Crippen LogP contribution in [0.2, 0.25) is 0 Å². The third-order valence-electron chi connectivity index (χ3n) is 5.14. The third kappa shape index (κ3) is 4.29. The van der Waals surface area contributed by atoms with Gasteiger partial charge in [-0.1, -0.05) is 6.07 Å². The predicted octanol–water partition coefficient (Wildman–Crippen LogP) is 3.76. The number of ether oxygens (including phenoxy) is 3. The Morgan fingerprint density at radius 1 is 0.800 bits per heavy atom. The van der Waals surface area contributed by atoms with Crippen LogP contribution in [0.15, 0.2) is 60.7 Å². The molecular formula is C24H16N2O9. The molecule has 0 spiro atoms. The summed E-state index contributed by atoms with van der Waals surface area (Å²) >= 11 is 0. The quantitative estimate of drug-likeness (QED) is 0.225. The molecular weight excluding hydrogens is 460 g/mol. The van der Waals surface area contributed by atoms with Crippen molar-refractivity contribution in [3.8, 4) is 11.5 Å². The molecule has 0 saturated heterocycles. The highest BCUT2D eigenvalue weighted by atomic mass is 16.6. The molecule has 1 heterocycles. The molecule has 0 fully saturated rings. The van der Waals surface area contributed by atoms with Crippen LogP contribution in [-0.4, -0.2) is 42.9 Å². The topological polar surface area (TPSA) is 142 Å². The van der Waals surface area contributed by atoms with Crippen LogP contribution in [0.1, 0.15) is 41.4 Å². The second-order valence-electron chi connectivity index (χ2n) is 7.26. The van der Waals surface area contributed by atoms with E-state index >= 15 is 0 Å². The lowest BCUT2D eigenvalue weighted by atomic mass is 10.1. The van der Waals surface area contributed by atoms with Crippen LogP contribution in [0.4, 0.5) is 11.4 Å². The summed E-state index contributed by atoms with van der Waals surface area (Å²) in [6.45, 7) is 0. The van der Waals surface area contributed by atoms with Crippen LogP contribution >= 0.6 is 0 Å². The highest BCUT2D eigenvalue weighted by Gasteiger charge is 2.38. The first-order valence-electron chi connectivity index (χ1n) is 10.0. The molecule has 176 valence electrons. The lowest BCUT2D eigenvalue weighted by Gasteiger charge is -2.16. The summed E-state index contributed by atoms with van der Waals surface area (Å²) in [4.78, 5) is 61.7. The van der Waals surface area contributed by atoms with Crippen molar-refractivity contribution in [1.29, 1.82) is 0 Å². The number of imide groups is 1. The standard InChI is InChI=1S/C24H16N2O9/c1-33-23(29)13-8-14(24(30)34-2)10-16(9-13)25-21(27)19-7-6-18(12-20(19)22(25)28)35-17-5-3-4-15(11-17)26(31)32/h3-12H,1-2H3. The van der Waals surface area contributed by atoms with E-state index in [4.69, 9.17) is 14.2 Å². The number of anilines is 1. The molecule has 0 aliphatic carbocycles. The minimum atomic E-state index is -0.777. The SMILES string of the molecule is COC(=O)c1cc(C(=O)OC)cc(N2C(=O)c3ccc(Oc4cccc([N+](=O)[O-])c4)cc3C2=O)c1. The van der Waals surface area contributed by atoms with E-state index in [1.165, 1.54) is 60.7 Å². The van der Waals surface area contributed by atoms with Gasteiger partial charge in [0, 0.05) is 6.07 Å². The minimum absolute atomic E-state index is 0.0148. The van der Waals surface area contributed by atoms with E-state index in [0.29, 0.717) is 0 Å². The number of rotatable bonds is 6. The number of benzene rings is 3. The minimum Gasteiger partial charge on any atom is -0.465 e. The fourth-order valence-corrected chi connectivity index (χ4v) is 3.53. The normalized spacial score (nSPS) is 12.2. The van der Waals surface area contributed by atoms with Crippen LogP contribution < -0.4 is 9.64 Å². The molecule has 0 bridgehead atoms. The summed E-state index contributed by atoms with van der Waals surface area (Å²) in [6, 6.07) is 13.4. The zero-order valence-electron chi connectivity index (χ0n) is 18.3. The molecule has 1 aliphatic heterocycles. The Bertz CT molecular complexity index is 1380. The number of carbonyl (C=O) groups is 4. The number of non-ortho nitro benzene ring substituents is 1. The molecule has 35 heavy (non-hydrogen) atoms. The molecule has 0 saturated carbocycles. The van der Waals surface area contributed by atoms with Crippen LogP contribution in [0.25, 0.3) is 0 Å². The molecule has 0 aromatic heterocycles. The summed E-state index contributed by atoms with van der Waals surface area (Å²) in [6.07, 6.45) is 0. The highest BCUT2D eigenvalue weighted by molar-refractivity contribution is 6.34. The largest absolute Gasteiger partial charge is 0.465 e. The first kappa shape index (κ1) is 23.1. The summed E-state index contributed by atoms with van der Waals surface area (Å²) < 4.78 is 15.0. The molecule has 11 heteroatoms. The van der Waals surface area contributed by atoms with E-state index < -0.39 is 28.7 Å². The van der Waals surface area contributed by atoms with Crippen LogP contribution in [0.5, 0.6) is 11.5 Å². The number of hydrogen-bond acceptors (Lipinski definition) is 9. The predicted molar refractivity (Wildman–Crippen MR) is 120 cm³/mol. The number of nitro groups is 1. The number of carbonyl (C=O) groups excluding carboxylic acids is 4. The summed E-state index contributed by atoms with van der Waals surface area (Å²) in [5, 5.41) is 11.0. The van der Waals surface area contributed by atoms with Gasteiger partial charge in [-0.05, 0) is 42.5 Å². The molecule has 0 radical (unpaired) electrons.